The maximum atomic E-state index is 13.1. The fourth-order valence-corrected chi connectivity index (χ4v) is 4.02. The molecule has 0 heterocycles. The summed E-state index contributed by atoms with van der Waals surface area (Å²) in [5.74, 6) is -1.48. The van der Waals surface area contributed by atoms with Crippen LogP contribution < -0.4 is 0 Å². The number of nitrogens with zero attached hydrogens (tertiary/aromatic N) is 1. The Kier molecular flexibility index (Phi) is 4.99. The van der Waals surface area contributed by atoms with Gasteiger partial charge in [-0.15, -0.1) is 0 Å². The van der Waals surface area contributed by atoms with Crippen molar-refractivity contribution in [2.24, 2.45) is 5.92 Å². The van der Waals surface area contributed by atoms with Gasteiger partial charge in [-0.1, -0.05) is 18.2 Å². The van der Waals surface area contributed by atoms with Crippen molar-refractivity contribution < 1.29 is 26.4 Å². The Morgan fingerprint density at radius 2 is 1.92 bits per heavy atom. The SMILES string of the molecule is CC(CS(C)(=O)=O)N(C)C(=O)C1CC1c1ccccc1C(F)(F)F. The van der Waals surface area contributed by atoms with Crippen molar-refractivity contribution in [1.82, 2.24) is 4.90 Å². The number of carbonyl (C=O) groups excluding carboxylic acids is 1. The molecule has 1 fully saturated rings. The van der Waals surface area contributed by atoms with E-state index in [0.717, 1.165) is 12.3 Å². The number of benzene rings is 1. The Morgan fingerprint density at radius 1 is 1.33 bits per heavy atom. The predicted molar refractivity (Wildman–Crippen MR) is 84.2 cm³/mol. The Bertz CT molecular complexity index is 730. The molecule has 8 heteroatoms. The zero-order valence-corrected chi connectivity index (χ0v) is 14.5. The third-order valence-electron chi connectivity index (χ3n) is 4.33. The van der Waals surface area contributed by atoms with Gasteiger partial charge in [0.25, 0.3) is 0 Å². The van der Waals surface area contributed by atoms with Crippen molar-refractivity contribution in [3.63, 3.8) is 0 Å². The van der Waals surface area contributed by atoms with Crippen LogP contribution in [0.4, 0.5) is 13.2 Å². The van der Waals surface area contributed by atoms with E-state index in [0.29, 0.717) is 6.42 Å². The lowest BCUT2D eigenvalue weighted by molar-refractivity contribution is -0.138. The molecule has 2 rings (SSSR count). The first-order valence-electron chi connectivity index (χ1n) is 7.52. The lowest BCUT2D eigenvalue weighted by Gasteiger charge is -2.24. The highest BCUT2D eigenvalue weighted by atomic mass is 32.2. The molecule has 3 unspecified atom stereocenters. The van der Waals surface area contributed by atoms with Gasteiger partial charge in [-0.05, 0) is 30.9 Å². The highest BCUT2D eigenvalue weighted by molar-refractivity contribution is 7.90. The van der Waals surface area contributed by atoms with Crippen LogP contribution in [0, 0.1) is 5.92 Å². The molecular weight excluding hydrogens is 343 g/mol. The number of alkyl halides is 3. The summed E-state index contributed by atoms with van der Waals surface area (Å²) < 4.78 is 61.9. The van der Waals surface area contributed by atoms with Gasteiger partial charge in [-0.3, -0.25) is 4.79 Å². The van der Waals surface area contributed by atoms with E-state index < -0.39 is 39.5 Å². The largest absolute Gasteiger partial charge is 0.416 e. The summed E-state index contributed by atoms with van der Waals surface area (Å²) in [7, 11) is -1.75. The number of hydrogen-bond acceptors (Lipinski definition) is 3. The Balaban J connectivity index is 2.12. The van der Waals surface area contributed by atoms with Crippen LogP contribution >= 0.6 is 0 Å². The average Bonchev–Trinajstić information content (AvgIpc) is 3.23. The molecule has 4 nitrogen and oxygen atoms in total. The number of halogens is 3. The number of sulfone groups is 1. The summed E-state index contributed by atoms with van der Waals surface area (Å²) in [5, 5.41) is 0. The maximum Gasteiger partial charge on any atom is 0.416 e. The molecule has 1 aromatic carbocycles. The van der Waals surface area contributed by atoms with Crippen molar-refractivity contribution in [1.29, 1.82) is 0 Å². The first-order valence-corrected chi connectivity index (χ1v) is 9.58. The van der Waals surface area contributed by atoms with Crippen LogP contribution in [-0.2, 0) is 20.8 Å². The minimum absolute atomic E-state index is 0.132. The van der Waals surface area contributed by atoms with Gasteiger partial charge in [0, 0.05) is 25.3 Å². The zero-order valence-electron chi connectivity index (χ0n) is 13.7. The van der Waals surface area contributed by atoms with Gasteiger partial charge in [0.15, 0.2) is 0 Å². The van der Waals surface area contributed by atoms with Gasteiger partial charge in [0.2, 0.25) is 5.91 Å². The average molecular weight is 363 g/mol. The Labute approximate surface area is 139 Å². The van der Waals surface area contributed by atoms with Crippen LogP contribution in [-0.4, -0.2) is 44.3 Å². The molecular formula is C16H20F3NO3S. The van der Waals surface area contributed by atoms with Gasteiger partial charge >= 0.3 is 6.18 Å². The maximum absolute atomic E-state index is 13.1. The van der Waals surface area contributed by atoms with E-state index >= 15 is 0 Å². The molecule has 0 aliphatic heterocycles. The number of hydrogen-bond donors (Lipinski definition) is 0. The summed E-state index contributed by atoms with van der Waals surface area (Å²) >= 11 is 0. The lowest BCUT2D eigenvalue weighted by Crippen LogP contribution is -2.40. The van der Waals surface area contributed by atoms with Crippen molar-refractivity contribution in [3.05, 3.63) is 35.4 Å². The van der Waals surface area contributed by atoms with Gasteiger partial charge in [0.05, 0.1) is 11.3 Å². The lowest BCUT2D eigenvalue weighted by atomic mass is 10.0. The fraction of sp³-hybridized carbons (Fsp3) is 0.562. The highest BCUT2D eigenvalue weighted by Crippen LogP contribution is 2.51. The minimum Gasteiger partial charge on any atom is -0.342 e. The molecule has 24 heavy (non-hydrogen) atoms. The monoisotopic (exact) mass is 363 g/mol. The summed E-state index contributed by atoms with van der Waals surface area (Å²) in [6, 6.07) is 4.75. The molecule has 134 valence electrons. The van der Waals surface area contributed by atoms with E-state index in [-0.39, 0.29) is 17.2 Å². The quantitative estimate of drug-likeness (QED) is 0.808. The van der Waals surface area contributed by atoms with Crippen molar-refractivity contribution >= 4 is 15.7 Å². The van der Waals surface area contributed by atoms with Crippen molar-refractivity contribution in [3.8, 4) is 0 Å². The molecule has 0 bridgehead atoms. The molecule has 3 atom stereocenters. The minimum atomic E-state index is -4.46. The third kappa shape index (κ3) is 4.28. The molecule has 1 aromatic rings. The van der Waals surface area contributed by atoms with Gasteiger partial charge in [-0.2, -0.15) is 13.2 Å². The molecule has 1 amide bonds. The molecule has 0 aromatic heterocycles. The Hall–Kier alpha value is -1.57. The zero-order chi connectivity index (χ0) is 18.3. The Morgan fingerprint density at radius 3 is 2.46 bits per heavy atom. The summed E-state index contributed by atoms with van der Waals surface area (Å²) in [6.45, 7) is 1.61. The second kappa shape index (κ2) is 6.38. The standard InChI is InChI=1S/C16H20F3NO3S/c1-10(9-24(3,22)23)20(2)15(21)13-8-12(13)11-6-4-5-7-14(11)16(17,18)19/h4-7,10,12-13H,8-9H2,1-3H3. The van der Waals surface area contributed by atoms with Crippen LogP contribution in [0.1, 0.15) is 30.4 Å². The van der Waals surface area contributed by atoms with Crippen LogP contribution in [0.5, 0.6) is 0 Å². The van der Waals surface area contributed by atoms with Gasteiger partial charge in [0.1, 0.15) is 9.84 Å². The second-order valence-electron chi connectivity index (χ2n) is 6.42. The summed E-state index contributed by atoms with van der Waals surface area (Å²) in [6.07, 6.45) is -3.02. The second-order valence-corrected chi connectivity index (χ2v) is 8.61. The predicted octanol–water partition coefficient (Wildman–Crippen LogP) is 2.70. The molecule has 0 N–H and O–H groups in total. The molecule has 0 radical (unpaired) electrons. The molecule has 0 saturated heterocycles. The summed E-state index contributed by atoms with van der Waals surface area (Å²) in [5.41, 5.74) is -0.579. The van der Waals surface area contributed by atoms with Crippen LogP contribution in [0.2, 0.25) is 0 Å². The van der Waals surface area contributed by atoms with E-state index in [1.807, 2.05) is 0 Å². The van der Waals surface area contributed by atoms with E-state index in [1.165, 1.54) is 30.1 Å². The topological polar surface area (TPSA) is 54.5 Å². The van der Waals surface area contributed by atoms with E-state index in [4.69, 9.17) is 0 Å². The smallest absolute Gasteiger partial charge is 0.342 e. The first-order chi connectivity index (χ1) is 10.9. The molecule has 1 aliphatic rings. The summed E-state index contributed by atoms with van der Waals surface area (Å²) in [4.78, 5) is 13.7. The highest BCUT2D eigenvalue weighted by Gasteiger charge is 2.49. The number of amides is 1. The van der Waals surface area contributed by atoms with Gasteiger partial charge in [-0.25, -0.2) is 8.42 Å². The fourth-order valence-electron chi connectivity index (χ4n) is 2.92. The van der Waals surface area contributed by atoms with Crippen LogP contribution in [0.3, 0.4) is 0 Å². The van der Waals surface area contributed by atoms with Crippen LogP contribution in [0.15, 0.2) is 24.3 Å². The third-order valence-corrected chi connectivity index (χ3v) is 5.41. The van der Waals surface area contributed by atoms with Crippen molar-refractivity contribution in [2.45, 2.75) is 31.5 Å². The van der Waals surface area contributed by atoms with Crippen LogP contribution in [0.25, 0.3) is 0 Å². The van der Waals surface area contributed by atoms with E-state index in [1.54, 1.807) is 6.92 Å². The van der Waals surface area contributed by atoms with Crippen molar-refractivity contribution in [2.75, 3.05) is 19.1 Å². The molecule has 0 spiro atoms. The normalized spacial score (nSPS) is 22.1. The number of rotatable bonds is 5. The molecule has 1 saturated carbocycles. The van der Waals surface area contributed by atoms with E-state index in [9.17, 15) is 26.4 Å². The van der Waals surface area contributed by atoms with E-state index in [2.05, 4.69) is 0 Å². The first kappa shape index (κ1) is 18.8. The van der Waals surface area contributed by atoms with Gasteiger partial charge < -0.3 is 4.90 Å². The number of carbonyl (C=O) groups is 1. The molecule has 1 aliphatic carbocycles.